The van der Waals surface area contributed by atoms with Crippen molar-refractivity contribution < 1.29 is 9.84 Å². The van der Waals surface area contributed by atoms with E-state index in [2.05, 4.69) is 16.0 Å². The zero-order valence-electron chi connectivity index (χ0n) is 15.4. The third-order valence-corrected chi connectivity index (χ3v) is 5.17. The molecule has 1 saturated heterocycles. The summed E-state index contributed by atoms with van der Waals surface area (Å²) in [6.07, 6.45) is 6.25. The average molecular weight is 363 g/mol. The molecule has 0 saturated carbocycles. The molecule has 140 valence electrons. The maximum Gasteiger partial charge on any atom is 0.123 e. The Morgan fingerprint density at radius 3 is 2.70 bits per heavy atom. The maximum absolute atomic E-state index is 11.0. The van der Waals surface area contributed by atoms with Crippen molar-refractivity contribution in [2.24, 2.45) is 0 Å². The number of rotatable bonds is 7. The van der Waals surface area contributed by atoms with E-state index < -0.39 is 5.60 Å². The highest BCUT2D eigenvalue weighted by Crippen LogP contribution is 2.33. The topological polar surface area (TPSA) is 50.5 Å². The molecule has 0 unspecified atom stereocenters. The SMILES string of the molecule is O[C@]1(c2ccccc2)CCN(Cc2ccccc2OCCn2ccnc2)C1. The zero-order chi connectivity index (χ0) is 18.5. The second kappa shape index (κ2) is 7.94. The molecule has 2 heterocycles. The van der Waals surface area contributed by atoms with Gasteiger partial charge in [0.15, 0.2) is 0 Å². The van der Waals surface area contributed by atoms with Crippen molar-refractivity contribution >= 4 is 0 Å². The lowest BCUT2D eigenvalue weighted by molar-refractivity contribution is 0.0452. The molecule has 4 rings (SSSR count). The summed E-state index contributed by atoms with van der Waals surface area (Å²) >= 11 is 0. The first-order chi connectivity index (χ1) is 13.2. The van der Waals surface area contributed by atoms with Crippen LogP contribution in [0.15, 0.2) is 73.3 Å². The summed E-state index contributed by atoms with van der Waals surface area (Å²) in [4.78, 5) is 6.35. The highest BCUT2D eigenvalue weighted by atomic mass is 16.5. The third-order valence-electron chi connectivity index (χ3n) is 5.17. The van der Waals surface area contributed by atoms with Crippen LogP contribution < -0.4 is 4.74 Å². The van der Waals surface area contributed by atoms with E-state index in [-0.39, 0.29) is 0 Å². The Labute approximate surface area is 159 Å². The van der Waals surface area contributed by atoms with Gasteiger partial charge >= 0.3 is 0 Å². The van der Waals surface area contributed by atoms with Crippen LogP contribution in [0.3, 0.4) is 0 Å². The monoisotopic (exact) mass is 363 g/mol. The van der Waals surface area contributed by atoms with Gasteiger partial charge in [-0.15, -0.1) is 0 Å². The van der Waals surface area contributed by atoms with Gasteiger partial charge in [0.05, 0.1) is 12.9 Å². The number of ether oxygens (including phenoxy) is 1. The Balaban J connectivity index is 1.38. The van der Waals surface area contributed by atoms with Gasteiger partial charge in [0.2, 0.25) is 0 Å². The Morgan fingerprint density at radius 2 is 1.89 bits per heavy atom. The molecule has 1 fully saturated rings. The van der Waals surface area contributed by atoms with E-state index in [1.807, 2.05) is 59.3 Å². The summed E-state index contributed by atoms with van der Waals surface area (Å²) < 4.78 is 8.02. The van der Waals surface area contributed by atoms with Gasteiger partial charge in [-0.1, -0.05) is 48.5 Å². The molecule has 0 spiro atoms. The fourth-order valence-corrected chi connectivity index (χ4v) is 3.69. The number of hydrogen-bond acceptors (Lipinski definition) is 4. The molecule has 1 aromatic heterocycles. The van der Waals surface area contributed by atoms with Crippen molar-refractivity contribution in [3.8, 4) is 5.75 Å². The number of nitrogens with zero attached hydrogens (tertiary/aromatic N) is 3. The Kier molecular flexibility index (Phi) is 5.23. The van der Waals surface area contributed by atoms with E-state index in [0.717, 1.165) is 42.9 Å². The lowest BCUT2D eigenvalue weighted by Gasteiger charge is -2.24. The van der Waals surface area contributed by atoms with Crippen LogP contribution in [-0.4, -0.2) is 39.3 Å². The van der Waals surface area contributed by atoms with Gasteiger partial charge in [-0.2, -0.15) is 0 Å². The minimum Gasteiger partial charge on any atom is -0.491 e. The number of aliphatic hydroxyl groups is 1. The predicted molar refractivity (Wildman–Crippen MR) is 104 cm³/mol. The molecule has 2 aromatic carbocycles. The van der Waals surface area contributed by atoms with E-state index in [1.54, 1.807) is 12.5 Å². The van der Waals surface area contributed by atoms with E-state index >= 15 is 0 Å². The van der Waals surface area contributed by atoms with Crippen molar-refractivity contribution in [3.63, 3.8) is 0 Å². The summed E-state index contributed by atoms with van der Waals surface area (Å²) in [5, 5.41) is 11.0. The van der Waals surface area contributed by atoms with Crippen LogP contribution in [0.25, 0.3) is 0 Å². The predicted octanol–water partition coefficient (Wildman–Crippen LogP) is 3.06. The number of hydrogen-bond donors (Lipinski definition) is 1. The number of likely N-dealkylation sites (tertiary alicyclic amines) is 1. The molecule has 5 nitrogen and oxygen atoms in total. The quantitative estimate of drug-likeness (QED) is 0.701. The molecule has 1 aliphatic heterocycles. The standard InChI is InChI=1S/C22H25N3O2/c26-22(20-7-2-1-3-8-20)10-12-25(17-22)16-19-6-4-5-9-21(19)27-15-14-24-13-11-23-18-24/h1-9,11,13,18,26H,10,12,14-17H2/t22-/m1/s1. The van der Waals surface area contributed by atoms with Gasteiger partial charge in [-0.05, 0) is 18.1 Å². The van der Waals surface area contributed by atoms with Crippen molar-refractivity contribution in [1.29, 1.82) is 0 Å². The van der Waals surface area contributed by atoms with E-state index in [1.165, 1.54) is 0 Å². The van der Waals surface area contributed by atoms with Crippen molar-refractivity contribution in [2.45, 2.75) is 25.1 Å². The number of aromatic nitrogens is 2. The smallest absolute Gasteiger partial charge is 0.123 e. The van der Waals surface area contributed by atoms with Crippen molar-refractivity contribution in [2.75, 3.05) is 19.7 Å². The first kappa shape index (κ1) is 17.8. The van der Waals surface area contributed by atoms with Gasteiger partial charge in [-0.25, -0.2) is 4.98 Å². The van der Waals surface area contributed by atoms with Crippen molar-refractivity contribution in [1.82, 2.24) is 14.5 Å². The third kappa shape index (κ3) is 4.21. The largest absolute Gasteiger partial charge is 0.491 e. The molecule has 27 heavy (non-hydrogen) atoms. The maximum atomic E-state index is 11.0. The van der Waals surface area contributed by atoms with Gasteiger partial charge in [0, 0.05) is 37.6 Å². The van der Waals surface area contributed by atoms with Crippen LogP contribution in [0.5, 0.6) is 5.75 Å². The molecule has 0 radical (unpaired) electrons. The molecule has 5 heteroatoms. The van der Waals surface area contributed by atoms with Gasteiger partial charge in [0.1, 0.15) is 18.0 Å². The lowest BCUT2D eigenvalue weighted by Crippen LogP contribution is -2.30. The van der Waals surface area contributed by atoms with Crippen LogP contribution in [0.2, 0.25) is 0 Å². The second-order valence-electron chi connectivity index (χ2n) is 7.11. The van der Waals surface area contributed by atoms with Crippen LogP contribution in [0.4, 0.5) is 0 Å². The fraction of sp³-hybridized carbons (Fsp3) is 0.318. The molecule has 0 aliphatic carbocycles. The summed E-state index contributed by atoms with van der Waals surface area (Å²) in [5.74, 6) is 0.910. The minimum absolute atomic E-state index is 0.599. The average Bonchev–Trinajstić information content (AvgIpc) is 3.35. The molecule has 1 atom stereocenters. The number of imidazole rings is 1. The van der Waals surface area contributed by atoms with Gasteiger partial charge in [0.25, 0.3) is 0 Å². The highest BCUT2D eigenvalue weighted by Gasteiger charge is 2.37. The zero-order valence-corrected chi connectivity index (χ0v) is 15.4. The van der Waals surface area contributed by atoms with Crippen LogP contribution in [-0.2, 0) is 18.7 Å². The molecule has 1 N–H and O–H groups in total. The van der Waals surface area contributed by atoms with Crippen LogP contribution in [0, 0.1) is 0 Å². The molecule has 1 aliphatic rings. The summed E-state index contributed by atoms with van der Waals surface area (Å²) in [7, 11) is 0. The Morgan fingerprint density at radius 1 is 1.07 bits per heavy atom. The second-order valence-corrected chi connectivity index (χ2v) is 7.11. The summed E-state index contributed by atoms with van der Waals surface area (Å²) in [6, 6.07) is 18.1. The van der Waals surface area contributed by atoms with Crippen LogP contribution in [0.1, 0.15) is 17.5 Å². The van der Waals surface area contributed by atoms with Crippen molar-refractivity contribution in [3.05, 3.63) is 84.4 Å². The van der Waals surface area contributed by atoms with Gasteiger partial charge in [-0.3, -0.25) is 4.90 Å². The van der Waals surface area contributed by atoms with E-state index in [0.29, 0.717) is 13.2 Å². The molecular weight excluding hydrogens is 338 g/mol. The van der Waals surface area contributed by atoms with Crippen LogP contribution >= 0.6 is 0 Å². The molecule has 3 aromatic rings. The number of benzene rings is 2. The summed E-state index contributed by atoms with van der Waals surface area (Å²) in [6.45, 7) is 3.65. The Hall–Kier alpha value is -2.63. The molecule has 0 amide bonds. The molecule has 0 bridgehead atoms. The fourth-order valence-electron chi connectivity index (χ4n) is 3.69. The minimum atomic E-state index is -0.765. The number of β-amino-alcohol motifs (C(OH)–C–C–N with tert-alkyl or cyclic N) is 1. The lowest BCUT2D eigenvalue weighted by atomic mass is 9.93. The molecular formula is C22H25N3O2. The highest BCUT2D eigenvalue weighted by molar-refractivity contribution is 5.33. The van der Waals surface area contributed by atoms with E-state index in [9.17, 15) is 5.11 Å². The van der Waals surface area contributed by atoms with E-state index in [4.69, 9.17) is 4.74 Å². The normalized spacial score (nSPS) is 20.0. The first-order valence-electron chi connectivity index (χ1n) is 9.40. The number of para-hydroxylation sites is 1. The Bertz CT molecular complexity index is 851. The summed E-state index contributed by atoms with van der Waals surface area (Å²) in [5.41, 5.74) is 1.39. The van der Waals surface area contributed by atoms with Gasteiger partial charge < -0.3 is 14.4 Å². The first-order valence-corrected chi connectivity index (χ1v) is 9.40.